The number of aryl methyl sites for hydroxylation is 1. The van der Waals surface area contributed by atoms with E-state index in [0.717, 1.165) is 10.5 Å². The van der Waals surface area contributed by atoms with Crippen LogP contribution in [0.4, 0.5) is 16.2 Å². The van der Waals surface area contributed by atoms with Gasteiger partial charge in [-0.2, -0.15) is 0 Å². The van der Waals surface area contributed by atoms with Gasteiger partial charge < -0.3 is 15.4 Å². The van der Waals surface area contributed by atoms with Crippen LogP contribution in [0.1, 0.15) is 11.1 Å². The monoisotopic (exact) mass is 461 g/mol. The number of anilines is 2. The molecule has 2 N–H and O–H groups in total. The standard InChI is InChI=1S/C25H20ClN3O4/c1-16-9-11-19(12-10-16)27-23(30)15-33-22-8-3-2-5-17(22)13-21-24(31)29(25(32)28-21)20-7-4-6-18(26)14-20/h2-14H,15H2,1H3,(H,27,30)(H,28,32)/b21-13-. The van der Waals surface area contributed by atoms with Gasteiger partial charge in [-0.25, -0.2) is 9.69 Å². The van der Waals surface area contributed by atoms with Crippen molar-refractivity contribution in [2.45, 2.75) is 6.92 Å². The van der Waals surface area contributed by atoms with Crippen molar-refractivity contribution in [2.75, 3.05) is 16.8 Å². The molecule has 1 aliphatic rings. The number of para-hydroxylation sites is 1. The first-order valence-corrected chi connectivity index (χ1v) is 10.5. The van der Waals surface area contributed by atoms with Crippen LogP contribution < -0.4 is 20.3 Å². The second-order valence-electron chi connectivity index (χ2n) is 7.35. The first-order chi connectivity index (χ1) is 15.9. The Morgan fingerprint density at radius 2 is 1.82 bits per heavy atom. The van der Waals surface area contributed by atoms with Crippen LogP contribution in [0.25, 0.3) is 6.08 Å². The maximum Gasteiger partial charge on any atom is 0.333 e. The zero-order valence-electron chi connectivity index (χ0n) is 17.7. The van der Waals surface area contributed by atoms with Crippen molar-refractivity contribution in [3.8, 4) is 5.75 Å². The fourth-order valence-corrected chi connectivity index (χ4v) is 3.43. The lowest BCUT2D eigenvalue weighted by Gasteiger charge is -2.12. The number of hydrogen-bond acceptors (Lipinski definition) is 4. The maximum absolute atomic E-state index is 12.9. The van der Waals surface area contributed by atoms with Crippen LogP contribution in [-0.4, -0.2) is 24.5 Å². The largest absolute Gasteiger partial charge is 0.483 e. The van der Waals surface area contributed by atoms with Gasteiger partial charge in [0.05, 0.1) is 5.69 Å². The maximum atomic E-state index is 12.9. The summed E-state index contributed by atoms with van der Waals surface area (Å²) in [5.41, 5.74) is 2.75. The van der Waals surface area contributed by atoms with Crippen LogP contribution in [0.3, 0.4) is 0 Å². The fraction of sp³-hybridized carbons (Fsp3) is 0.0800. The summed E-state index contributed by atoms with van der Waals surface area (Å²) in [5, 5.41) is 5.75. The van der Waals surface area contributed by atoms with Crippen molar-refractivity contribution in [2.24, 2.45) is 0 Å². The van der Waals surface area contributed by atoms with Crippen molar-refractivity contribution in [3.05, 3.63) is 94.6 Å². The predicted octanol–water partition coefficient (Wildman–Crippen LogP) is 4.76. The molecular weight excluding hydrogens is 442 g/mol. The molecule has 0 aromatic heterocycles. The Bertz CT molecular complexity index is 1250. The highest BCUT2D eigenvalue weighted by Gasteiger charge is 2.35. The van der Waals surface area contributed by atoms with E-state index in [9.17, 15) is 14.4 Å². The number of carbonyl (C=O) groups is 3. The number of carbonyl (C=O) groups excluding carboxylic acids is 3. The Morgan fingerprint density at radius 1 is 1.06 bits per heavy atom. The average molecular weight is 462 g/mol. The first kappa shape index (κ1) is 22.1. The van der Waals surface area contributed by atoms with E-state index in [1.807, 2.05) is 31.2 Å². The lowest BCUT2D eigenvalue weighted by Crippen LogP contribution is -2.30. The molecule has 4 rings (SSSR count). The lowest BCUT2D eigenvalue weighted by molar-refractivity contribution is -0.118. The van der Waals surface area contributed by atoms with Gasteiger partial charge in [-0.3, -0.25) is 9.59 Å². The van der Waals surface area contributed by atoms with Gasteiger partial charge >= 0.3 is 6.03 Å². The van der Waals surface area contributed by atoms with E-state index in [0.29, 0.717) is 27.7 Å². The zero-order valence-corrected chi connectivity index (χ0v) is 18.4. The molecule has 1 aliphatic heterocycles. The third-order valence-corrected chi connectivity index (χ3v) is 5.09. The number of imide groups is 1. The summed E-state index contributed by atoms with van der Waals surface area (Å²) < 4.78 is 5.68. The van der Waals surface area contributed by atoms with E-state index in [1.54, 1.807) is 42.5 Å². The molecular formula is C25H20ClN3O4. The van der Waals surface area contributed by atoms with Gasteiger partial charge in [-0.05, 0) is 49.4 Å². The minimum absolute atomic E-state index is 0.0835. The number of rotatable bonds is 6. The molecule has 0 radical (unpaired) electrons. The molecule has 0 bridgehead atoms. The normalized spacial score (nSPS) is 14.4. The highest BCUT2D eigenvalue weighted by atomic mass is 35.5. The lowest BCUT2D eigenvalue weighted by atomic mass is 10.1. The van der Waals surface area contributed by atoms with Gasteiger partial charge in [0.15, 0.2) is 6.61 Å². The molecule has 1 fully saturated rings. The molecule has 7 nitrogen and oxygen atoms in total. The van der Waals surface area contributed by atoms with Crippen molar-refractivity contribution < 1.29 is 19.1 Å². The Kier molecular flexibility index (Phi) is 6.42. The molecule has 0 unspecified atom stereocenters. The van der Waals surface area contributed by atoms with Gasteiger partial charge in [-0.1, -0.05) is 53.6 Å². The van der Waals surface area contributed by atoms with Gasteiger partial charge in [0, 0.05) is 16.3 Å². The summed E-state index contributed by atoms with van der Waals surface area (Å²) in [5.74, 6) is -0.444. The second-order valence-corrected chi connectivity index (χ2v) is 7.79. The first-order valence-electron chi connectivity index (χ1n) is 10.1. The molecule has 0 atom stereocenters. The molecule has 8 heteroatoms. The van der Waals surface area contributed by atoms with Crippen LogP contribution in [0.5, 0.6) is 5.75 Å². The molecule has 4 amide bonds. The molecule has 3 aromatic rings. The molecule has 166 valence electrons. The Labute approximate surface area is 195 Å². The Morgan fingerprint density at radius 3 is 2.58 bits per heavy atom. The summed E-state index contributed by atoms with van der Waals surface area (Å²) in [6.07, 6.45) is 1.51. The number of nitrogens with zero attached hydrogens (tertiary/aromatic N) is 1. The molecule has 33 heavy (non-hydrogen) atoms. The highest BCUT2D eigenvalue weighted by molar-refractivity contribution is 6.32. The number of hydrogen-bond donors (Lipinski definition) is 2. The molecule has 3 aromatic carbocycles. The molecule has 1 saturated heterocycles. The summed E-state index contributed by atoms with van der Waals surface area (Å²) in [6, 6.07) is 20.2. The van der Waals surface area contributed by atoms with E-state index in [4.69, 9.17) is 16.3 Å². The number of urea groups is 1. The second kappa shape index (κ2) is 9.58. The van der Waals surface area contributed by atoms with Gasteiger partial charge in [0.2, 0.25) is 0 Å². The number of amides is 4. The smallest absolute Gasteiger partial charge is 0.333 e. The van der Waals surface area contributed by atoms with E-state index in [-0.39, 0.29) is 18.2 Å². The molecule has 0 aliphatic carbocycles. The fourth-order valence-electron chi connectivity index (χ4n) is 3.25. The number of ether oxygens (including phenoxy) is 1. The molecule has 0 saturated carbocycles. The third kappa shape index (κ3) is 5.22. The van der Waals surface area contributed by atoms with Crippen molar-refractivity contribution in [1.82, 2.24) is 5.32 Å². The number of benzene rings is 3. The summed E-state index contributed by atoms with van der Waals surface area (Å²) in [7, 11) is 0. The number of nitrogens with one attached hydrogen (secondary N) is 2. The molecule has 0 spiro atoms. The van der Waals surface area contributed by atoms with E-state index in [1.165, 1.54) is 12.1 Å². The van der Waals surface area contributed by atoms with Crippen molar-refractivity contribution >= 4 is 46.9 Å². The van der Waals surface area contributed by atoms with Crippen molar-refractivity contribution in [1.29, 1.82) is 0 Å². The van der Waals surface area contributed by atoms with E-state index in [2.05, 4.69) is 10.6 Å². The van der Waals surface area contributed by atoms with Crippen LogP contribution >= 0.6 is 11.6 Å². The molecule has 1 heterocycles. The van der Waals surface area contributed by atoms with Gasteiger partial charge in [0.1, 0.15) is 11.4 Å². The Hall–Kier alpha value is -4.10. The average Bonchev–Trinajstić information content (AvgIpc) is 3.07. The van der Waals surface area contributed by atoms with E-state index >= 15 is 0 Å². The summed E-state index contributed by atoms with van der Waals surface area (Å²) in [4.78, 5) is 38.6. The van der Waals surface area contributed by atoms with Crippen LogP contribution in [0.15, 0.2) is 78.5 Å². The topological polar surface area (TPSA) is 87.7 Å². The number of halogens is 1. The SMILES string of the molecule is Cc1ccc(NC(=O)COc2ccccc2/C=C2\NC(=O)N(c3cccc(Cl)c3)C2=O)cc1. The predicted molar refractivity (Wildman–Crippen MR) is 127 cm³/mol. The minimum atomic E-state index is -0.579. The van der Waals surface area contributed by atoms with Gasteiger partial charge in [0.25, 0.3) is 11.8 Å². The zero-order chi connectivity index (χ0) is 23.4. The van der Waals surface area contributed by atoms with Crippen molar-refractivity contribution in [3.63, 3.8) is 0 Å². The van der Waals surface area contributed by atoms with Crippen LogP contribution in [0, 0.1) is 6.92 Å². The minimum Gasteiger partial charge on any atom is -0.483 e. The third-order valence-electron chi connectivity index (χ3n) is 4.86. The van der Waals surface area contributed by atoms with Crippen LogP contribution in [-0.2, 0) is 9.59 Å². The van der Waals surface area contributed by atoms with Gasteiger partial charge in [-0.15, -0.1) is 0 Å². The summed E-state index contributed by atoms with van der Waals surface area (Å²) in [6.45, 7) is 1.74. The quantitative estimate of drug-likeness (QED) is 0.409. The Balaban J connectivity index is 1.48. The van der Waals surface area contributed by atoms with Crippen LogP contribution in [0.2, 0.25) is 5.02 Å². The highest BCUT2D eigenvalue weighted by Crippen LogP contribution is 2.27. The summed E-state index contributed by atoms with van der Waals surface area (Å²) >= 11 is 5.99. The van der Waals surface area contributed by atoms with E-state index < -0.39 is 11.9 Å².